The maximum atomic E-state index is 11.1. The molecule has 2 N–H and O–H groups in total. The lowest BCUT2D eigenvalue weighted by atomic mass is 10.2. The van der Waals surface area contributed by atoms with E-state index in [0.717, 1.165) is 17.3 Å². The monoisotopic (exact) mass is 308 g/mol. The largest absolute Gasteiger partial charge is 0.478 e. The molecule has 0 bridgehead atoms. The van der Waals surface area contributed by atoms with E-state index in [9.17, 15) is 14.9 Å². The van der Waals surface area contributed by atoms with E-state index in [1.54, 1.807) is 6.20 Å². The summed E-state index contributed by atoms with van der Waals surface area (Å²) in [5.41, 5.74) is -0.598. The SMILES string of the molecule is CCC(Nc1ncc(C(=O)O)cc1[N+](=O)[O-])c1nccs1. The van der Waals surface area contributed by atoms with Gasteiger partial charge in [0.25, 0.3) is 0 Å². The Labute approximate surface area is 123 Å². The number of hydrogen-bond donors (Lipinski definition) is 2. The Balaban J connectivity index is 2.34. The number of anilines is 1. The van der Waals surface area contributed by atoms with Gasteiger partial charge in [0.15, 0.2) is 0 Å². The Bertz CT molecular complexity index is 659. The zero-order valence-electron chi connectivity index (χ0n) is 11.0. The van der Waals surface area contributed by atoms with Crippen LogP contribution in [0.4, 0.5) is 11.5 Å². The fourth-order valence-corrected chi connectivity index (χ4v) is 2.50. The van der Waals surface area contributed by atoms with Crippen LogP contribution >= 0.6 is 11.3 Å². The number of nitrogens with zero attached hydrogens (tertiary/aromatic N) is 3. The van der Waals surface area contributed by atoms with E-state index >= 15 is 0 Å². The van der Waals surface area contributed by atoms with Gasteiger partial charge in [0.1, 0.15) is 5.01 Å². The molecule has 0 fully saturated rings. The van der Waals surface area contributed by atoms with Gasteiger partial charge >= 0.3 is 11.7 Å². The molecule has 0 amide bonds. The second-order valence-corrected chi connectivity index (χ2v) is 5.06. The van der Waals surface area contributed by atoms with Crippen molar-refractivity contribution in [1.29, 1.82) is 0 Å². The van der Waals surface area contributed by atoms with Crippen molar-refractivity contribution in [1.82, 2.24) is 9.97 Å². The van der Waals surface area contributed by atoms with Crippen LogP contribution in [0.3, 0.4) is 0 Å². The van der Waals surface area contributed by atoms with Crippen molar-refractivity contribution in [2.75, 3.05) is 5.32 Å². The van der Waals surface area contributed by atoms with E-state index in [-0.39, 0.29) is 23.1 Å². The molecule has 1 unspecified atom stereocenters. The molecule has 9 heteroatoms. The first-order valence-corrected chi connectivity index (χ1v) is 6.94. The molecule has 2 aromatic heterocycles. The Morgan fingerprint density at radius 2 is 2.33 bits per heavy atom. The molecule has 0 aliphatic rings. The third-order valence-corrected chi connectivity index (χ3v) is 3.67. The predicted molar refractivity (Wildman–Crippen MR) is 76.6 cm³/mol. The van der Waals surface area contributed by atoms with Gasteiger partial charge in [-0.3, -0.25) is 10.1 Å². The average Bonchev–Trinajstić information content (AvgIpc) is 2.98. The normalized spacial score (nSPS) is 11.9. The number of aromatic nitrogens is 2. The standard InChI is InChI=1S/C12H12N4O4S/c1-2-8(11-13-3-4-21-11)15-10-9(16(19)20)5-7(6-14-10)12(17)18/h3-6,8H,2H2,1H3,(H,14,15)(H,17,18). The first-order chi connectivity index (χ1) is 10.0. The van der Waals surface area contributed by atoms with Gasteiger partial charge in [-0.05, 0) is 6.42 Å². The van der Waals surface area contributed by atoms with Crippen molar-refractivity contribution >= 4 is 28.8 Å². The molecule has 0 aliphatic heterocycles. The molecular formula is C12H12N4O4S. The van der Waals surface area contributed by atoms with Crippen LogP contribution in [-0.4, -0.2) is 26.0 Å². The summed E-state index contributed by atoms with van der Waals surface area (Å²) in [4.78, 5) is 29.3. The minimum atomic E-state index is -1.26. The summed E-state index contributed by atoms with van der Waals surface area (Å²) in [6.07, 6.45) is 3.40. The van der Waals surface area contributed by atoms with Crippen LogP contribution in [0.5, 0.6) is 0 Å². The number of carboxylic acid groups (broad SMARTS) is 1. The molecule has 1 atom stereocenters. The molecule has 0 saturated heterocycles. The van der Waals surface area contributed by atoms with Crippen LogP contribution < -0.4 is 5.32 Å². The Morgan fingerprint density at radius 3 is 2.86 bits per heavy atom. The molecule has 0 aliphatic carbocycles. The summed E-state index contributed by atoms with van der Waals surface area (Å²) in [5.74, 6) is -1.23. The van der Waals surface area contributed by atoms with E-state index < -0.39 is 10.9 Å². The van der Waals surface area contributed by atoms with Crippen molar-refractivity contribution < 1.29 is 14.8 Å². The fraction of sp³-hybridized carbons (Fsp3) is 0.250. The maximum absolute atomic E-state index is 11.1. The van der Waals surface area contributed by atoms with Crippen molar-refractivity contribution in [3.63, 3.8) is 0 Å². The van der Waals surface area contributed by atoms with Crippen LogP contribution in [-0.2, 0) is 0 Å². The first-order valence-electron chi connectivity index (χ1n) is 6.06. The van der Waals surface area contributed by atoms with E-state index in [4.69, 9.17) is 5.11 Å². The number of carboxylic acids is 1. The van der Waals surface area contributed by atoms with Crippen molar-refractivity contribution in [2.45, 2.75) is 19.4 Å². The highest BCUT2D eigenvalue weighted by atomic mass is 32.1. The van der Waals surface area contributed by atoms with Gasteiger partial charge in [-0.2, -0.15) is 0 Å². The number of thiazole rings is 1. The Hall–Kier alpha value is -2.55. The highest BCUT2D eigenvalue weighted by Crippen LogP contribution is 2.29. The van der Waals surface area contributed by atoms with Crippen LogP contribution in [0, 0.1) is 10.1 Å². The van der Waals surface area contributed by atoms with Gasteiger partial charge in [0.2, 0.25) is 5.82 Å². The third kappa shape index (κ3) is 3.31. The predicted octanol–water partition coefficient (Wildman–Crippen LogP) is 2.71. The van der Waals surface area contributed by atoms with Crippen LogP contribution in [0.15, 0.2) is 23.8 Å². The molecule has 110 valence electrons. The summed E-state index contributed by atoms with van der Waals surface area (Å²) in [6.45, 7) is 1.91. The lowest BCUT2D eigenvalue weighted by Crippen LogP contribution is -2.13. The smallest absolute Gasteiger partial charge is 0.337 e. The Morgan fingerprint density at radius 1 is 1.57 bits per heavy atom. The zero-order valence-corrected chi connectivity index (χ0v) is 11.8. The number of nitro groups is 1. The molecule has 8 nitrogen and oxygen atoms in total. The number of nitrogens with one attached hydrogen (secondary N) is 1. The van der Waals surface area contributed by atoms with Gasteiger partial charge in [-0.25, -0.2) is 14.8 Å². The van der Waals surface area contributed by atoms with Gasteiger partial charge in [0.05, 0.1) is 16.5 Å². The van der Waals surface area contributed by atoms with E-state index in [2.05, 4.69) is 15.3 Å². The summed E-state index contributed by atoms with van der Waals surface area (Å²) in [6, 6.07) is 0.776. The van der Waals surface area contributed by atoms with Crippen molar-refractivity contribution in [2.24, 2.45) is 0 Å². The van der Waals surface area contributed by atoms with E-state index in [1.165, 1.54) is 11.3 Å². The van der Waals surface area contributed by atoms with Crippen molar-refractivity contribution in [3.05, 3.63) is 44.5 Å². The second kappa shape index (κ2) is 6.27. The van der Waals surface area contributed by atoms with Crippen LogP contribution in [0.1, 0.15) is 34.8 Å². The third-order valence-electron chi connectivity index (χ3n) is 2.78. The van der Waals surface area contributed by atoms with Gasteiger partial charge in [-0.1, -0.05) is 6.92 Å². The molecular weight excluding hydrogens is 296 g/mol. The summed E-state index contributed by atoms with van der Waals surface area (Å²) in [5, 5.41) is 25.5. The first kappa shape index (κ1) is 14.9. The highest BCUT2D eigenvalue weighted by Gasteiger charge is 2.22. The summed E-state index contributed by atoms with van der Waals surface area (Å²) in [7, 11) is 0. The van der Waals surface area contributed by atoms with Gasteiger partial charge in [-0.15, -0.1) is 11.3 Å². The molecule has 2 aromatic rings. The van der Waals surface area contributed by atoms with Gasteiger partial charge in [0, 0.05) is 23.8 Å². The zero-order chi connectivity index (χ0) is 15.4. The Kier molecular flexibility index (Phi) is 4.43. The summed E-state index contributed by atoms with van der Waals surface area (Å²) >= 11 is 1.43. The lowest BCUT2D eigenvalue weighted by Gasteiger charge is -2.15. The molecule has 2 rings (SSSR count). The minimum Gasteiger partial charge on any atom is -0.478 e. The molecule has 0 saturated carbocycles. The number of hydrogen-bond acceptors (Lipinski definition) is 7. The van der Waals surface area contributed by atoms with Crippen LogP contribution in [0.2, 0.25) is 0 Å². The van der Waals surface area contributed by atoms with Crippen molar-refractivity contribution in [3.8, 4) is 0 Å². The molecule has 0 radical (unpaired) electrons. The van der Waals surface area contributed by atoms with Crippen LogP contribution in [0.25, 0.3) is 0 Å². The fourth-order valence-electron chi connectivity index (χ4n) is 1.73. The molecule has 21 heavy (non-hydrogen) atoms. The molecule has 0 aromatic carbocycles. The lowest BCUT2D eigenvalue weighted by molar-refractivity contribution is -0.384. The minimum absolute atomic E-state index is 0.0343. The van der Waals surface area contributed by atoms with E-state index in [1.807, 2.05) is 12.3 Å². The number of rotatable bonds is 6. The second-order valence-electron chi connectivity index (χ2n) is 4.13. The molecule has 2 heterocycles. The quantitative estimate of drug-likeness (QED) is 0.622. The van der Waals surface area contributed by atoms with E-state index in [0.29, 0.717) is 6.42 Å². The molecule has 0 spiro atoms. The highest BCUT2D eigenvalue weighted by molar-refractivity contribution is 7.09. The number of pyridine rings is 1. The number of carbonyl (C=O) groups is 1. The summed E-state index contributed by atoms with van der Waals surface area (Å²) < 4.78 is 0. The maximum Gasteiger partial charge on any atom is 0.337 e. The topological polar surface area (TPSA) is 118 Å². The van der Waals surface area contributed by atoms with Gasteiger partial charge < -0.3 is 10.4 Å². The number of aromatic carboxylic acids is 1. The average molecular weight is 308 g/mol.